The summed E-state index contributed by atoms with van der Waals surface area (Å²) in [5, 5.41) is 0.743. The number of benzene rings is 2. The van der Waals surface area contributed by atoms with E-state index in [2.05, 4.69) is 12.1 Å². The van der Waals surface area contributed by atoms with Gasteiger partial charge in [0.1, 0.15) is 0 Å². The van der Waals surface area contributed by atoms with E-state index in [-0.39, 0.29) is 5.38 Å². The molecule has 82 valence electrons. The van der Waals surface area contributed by atoms with Crippen molar-refractivity contribution in [3.8, 4) is 0 Å². The van der Waals surface area contributed by atoms with E-state index in [1.165, 1.54) is 5.56 Å². The molecule has 1 atom stereocenters. The van der Waals surface area contributed by atoms with Crippen molar-refractivity contribution in [1.82, 2.24) is 0 Å². The lowest BCUT2D eigenvalue weighted by molar-refractivity contribution is 0.920. The topological polar surface area (TPSA) is 0 Å². The van der Waals surface area contributed by atoms with Crippen LogP contribution in [0.2, 0.25) is 5.02 Å². The van der Waals surface area contributed by atoms with E-state index in [1.807, 2.05) is 42.5 Å². The Morgan fingerprint density at radius 1 is 0.875 bits per heavy atom. The molecule has 1 unspecified atom stereocenters. The van der Waals surface area contributed by atoms with Crippen molar-refractivity contribution in [2.75, 3.05) is 0 Å². The molecule has 0 fully saturated rings. The van der Waals surface area contributed by atoms with Gasteiger partial charge in [-0.3, -0.25) is 0 Å². The Bertz CT molecular complexity index is 434. The second-order valence-corrected chi connectivity index (χ2v) is 4.67. The standard InChI is InChI=1S/C14H12Cl2/c15-13-8-6-12(7-9-13)14(16)10-11-4-2-1-3-5-11/h1-9,14H,10H2. The third-order valence-corrected chi connectivity index (χ3v) is 3.15. The van der Waals surface area contributed by atoms with Crippen LogP contribution in [0.25, 0.3) is 0 Å². The minimum atomic E-state index is -0.000309. The summed E-state index contributed by atoms with van der Waals surface area (Å²) in [5.41, 5.74) is 2.35. The van der Waals surface area contributed by atoms with Gasteiger partial charge in [-0.2, -0.15) is 0 Å². The highest BCUT2D eigenvalue weighted by atomic mass is 35.5. The van der Waals surface area contributed by atoms with Gasteiger partial charge in [-0.15, -0.1) is 11.6 Å². The van der Waals surface area contributed by atoms with Crippen LogP contribution in [0.1, 0.15) is 16.5 Å². The molecule has 0 nitrogen and oxygen atoms in total. The third kappa shape index (κ3) is 3.01. The molecule has 0 saturated heterocycles. The molecule has 2 rings (SSSR count). The summed E-state index contributed by atoms with van der Waals surface area (Å²) in [6, 6.07) is 17.9. The second-order valence-electron chi connectivity index (χ2n) is 3.71. The highest BCUT2D eigenvalue weighted by Gasteiger charge is 2.08. The highest BCUT2D eigenvalue weighted by Crippen LogP contribution is 2.25. The van der Waals surface area contributed by atoms with Gasteiger partial charge in [0, 0.05) is 5.02 Å². The Morgan fingerprint density at radius 2 is 1.50 bits per heavy atom. The average molecular weight is 251 g/mol. The molecule has 0 spiro atoms. The Morgan fingerprint density at radius 3 is 2.12 bits per heavy atom. The Kier molecular flexibility index (Phi) is 3.87. The largest absolute Gasteiger partial charge is 0.117 e. The molecule has 0 aromatic heterocycles. The van der Waals surface area contributed by atoms with Gasteiger partial charge < -0.3 is 0 Å². The van der Waals surface area contributed by atoms with Crippen LogP contribution in [0.15, 0.2) is 54.6 Å². The van der Waals surface area contributed by atoms with E-state index in [0.717, 1.165) is 17.0 Å². The molecule has 0 heterocycles. The van der Waals surface area contributed by atoms with E-state index >= 15 is 0 Å². The van der Waals surface area contributed by atoms with Gasteiger partial charge >= 0.3 is 0 Å². The van der Waals surface area contributed by atoms with Crippen molar-refractivity contribution in [2.45, 2.75) is 11.8 Å². The molecule has 0 radical (unpaired) electrons. The molecule has 2 heteroatoms. The first kappa shape index (κ1) is 11.5. The predicted octanol–water partition coefficient (Wildman–Crippen LogP) is 4.86. The average Bonchev–Trinajstić information content (AvgIpc) is 2.31. The molecule has 0 aliphatic carbocycles. The smallest absolute Gasteiger partial charge is 0.0625 e. The van der Waals surface area contributed by atoms with E-state index in [1.54, 1.807) is 0 Å². The molecular weight excluding hydrogens is 239 g/mol. The van der Waals surface area contributed by atoms with Gasteiger partial charge in [0.15, 0.2) is 0 Å². The van der Waals surface area contributed by atoms with Crippen LogP contribution < -0.4 is 0 Å². The van der Waals surface area contributed by atoms with E-state index < -0.39 is 0 Å². The van der Waals surface area contributed by atoms with Crippen LogP contribution in [0.3, 0.4) is 0 Å². The fourth-order valence-corrected chi connectivity index (χ4v) is 2.06. The first-order chi connectivity index (χ1) is 7.75. The number of hydrogen-bond donors (Lipinski definition) is 0. The van der Waals surface area contributed by atoms with Gasteiger partial charge in [-0.1, -0.05) is 54.1 Å². The minimum absolute atomic E-state index is 0.000309. The molecule has 0 N–H and O–H groups in total. The maximum Gasteiger partial charge on any atom is 0.0625 e. The molecule has 0 aliphatic rings. The van der Waals surface area contributed by atoms with Crippen molar-refractivity contribution in [2.24, 2.45) is 0 Å². The maximum atomic E-state index is 6.35. The van der Waals surface area contributed by atoms with Crippen molar-refractivity contribution in [3.63, 3.8) is 0 Å². The molecule has 0 saturated carbocycles. The van der Waals surface area contributed by atoms with Crippen LogP contribution >= 0.6 is 23.2 Å². The summed E-state index contributed by atoms with van der Waals surface area (Å²) in [6.45, 7) is 0. The summed E-state index contributed by atoms with van der Waals surface area (Å²) in [5.74, 6) is 0. The summed E-state index contributed by atoms with van der Waals surface area (Å²) in [4.78, 5) is 0. The molecule has 0 bridgehead atoms. The number of hydrogen-bond acceptors (Lipinski definition) is 0. The monoisotopic (exact) mass is 250 g/mol. The molecular formula is C14H12Cl2. The summed E-state index contributed by atoms with van der Waals surface area (Å²) < 4.78 is 0. The lowest BCUT2D eigenvalue weighted by Gasteiger charge is -2.09. The van der Waals surface area contributed by atoms with Gasteiger partial charge in [-0.05, 0) is 29.7 Å². The molecule has 2 aromatic carbocycles. The zero-order valence-corrected chi connectivity index (χ0v) is 10.2. The molecule has 0 amide bonds. The van der Waals surface area contributed by atoms with Crippen LogP contribution in [0, 0.1) is 0 Å². The summed E-state index contributed by atoms with van der Waals surface area (Å²) in [6.07, 6.45) is 0.837. The van der Waals surface area contributed by atoms with Crippen LogP contribution in [-0.4, -0.2) is 0 Å². The Balaban J connectivity index is 2.09. The fraction of sp³-hybridized carbons (Fsp3) is 0.143. The van der Waals surface area contributed by atoms with Crippen LogP contribution in [-0.2, 0) is 6.42 Å². The molecule has 16 heavy (non-hydrogen) atoms. The number of halogens is 2. The summed E-state index contributed by atoms with van der Waals surface area (Å²) in [7, 11) is 0. The fourth-order valence-electron chi connectivity index (χ4n) is 1.61. The number of rotatable bonds is 3. The van der Waals surface area contributed by atoms with E-state index in [9.17, 15) is 0 Å². The van der Waals surface area contributed by atoms with Crippen molar-refractivity contribution in [1.29, 1.82) is 0 Å². The molecule has 0 aliphatic heterocycles. The lowest BCUT2D eigenvalue weighted by atomic mass is 10.0. The Hall–Kier alpha value is -0.980. The number of alkyl halides is 1. The minimum Gasteiger partial charge on any atom is -0.117 e. The van der Waals surface area contributed by atoms with Crippen molar-refractivity contribution in [3.05, 3.63) is 70.7 Å². The van der Waals surface area contributed by atoms with E-state index in [4.69, 9.17) is 23.2 Å². The van der Waals surface area contributed by atoms with Gasteiger partial charge in [0.05, 0.1) is 5.38 Å². The lowest BCUT2D eigenvalue weighted by Crippen LogP contribution is -1.95. The highest BCUT2D eigenvalue weighted by molar-refractivity contribution is 6.30. The molecule has 2 aromatic rings. The van der Waals surface area contributed by atoms with E-state index in [0.29, 0.717) is 0 Å². The van der Waals surface area contributed by atoms with Crippen LogP contribution in [0.4, 0.5) is 0 Å². The normalized spacial score (nSPS) is 12.4. The first-order valence-electron chi connectivity index (χ1n) is 5.19. The van der Waals surface area contributed by atoms with Gasteiger partial charge in [0.2, 0.25) is 0 Å². The second kappa shape index (κ2) is 5.38. The van der Waals surface area contributed by atoms with Gasteiger partial charge in [0.25, 0.3) is 0 Å². The first-order valence-corrected chi connectivity index (χ1v) is 6.00. The van der Waals surface area contributed by atoms with Crippen molar-refractivity contribution >= 4 is 23.2 Å². The zero-order valence-electron chi connectivity index (χ0n) is 8.74. The Labute approximate surface area is 106 Å². The predicted molar refractivity (Wildman–Crippen MR) is 70.2 cm³/mol. The zero-order chi connectivity index (χ0) is 11.4. The van der Waals surface area contributed by atoms with Crippen LogP contribution in [0.5, 0.6) is 0 Å². The quantitative estimate of drug-likeness (QED) is 0.683. The SMILES string of the molecule is Clc1ccc(C(Cl)Cc2ccccc2)cc1. The third-order valence-electron chi connectivity index (χ3n) is 2.49. The maximum absolute atomic E-state index is 6.35. The van der Waals surface area contributed by atoms with Crippen molar-refractivity contribution < 1.29 is 0 Å². The summed E-state index contributed by atoms with van der Waals surface area (Å²) >= 11 is 12.2. The van der Waals surface area contributed by atoms with Gasteiger partial charge in [-0.25, -0.2) is 0 Å².